The molecule has 0 radical (unpaired) electrons. The van der Waals surface area contributed by atoms with Crippen LogP contribution in [0, 0.1) is 57.2 Å². The zero-order valence-electron chi connectivity index (χ0n) is 17.7. The molecule has 8 saturated carbocycles. The second-order valence-corrected chi connectivity index (χ2v) is 11.6. The summed E-state index contributed by atoms with van der Waals surface area (Å²) < 4.78 is 0. The molecule has 0 aliphatic heterocycles. The van der Waals surface area contributed by atoms with Gasteiger partial charge >= 0.3 is 0 Å². The van der Waals surface area contributed by atoms with Gasteiger partial charge in [-0.3, -0.25) is 0 Å². The van der Waals surface area contributed by atoms with E-state index in [2.05, 4.69) is 30.6 Å². The summed E-state index contributed by atoms with van der Waals surface area (Å²) in [5, 5.41) is 23.6. The van der Waals surface area contributed by atoms with Crippen LogP contribution in [0.25, 0.3) is 0 Å². The molecule has 5 heteroatoms. The molecule has 30 heavy (non-hydrogen) atoms. The van der Waals surface area contributed by atoms with Crippen LogP contribution < -0.4 is 11.1 Å². The third-order valence-electron chi connectivity index (χ3n) is 9.83. The first kappa shape index (κ1) is 18.5. The summed E-state index contributed by atoms with van der Waals surface area (Å²) >= 11 is 0. The number of hydrogen-bond donors (Lipinski definition) is 2. The monoisotopic (exact) mass is 401 g/mol. The van der Waals surface area contributed by atoms with Crippen LogP contribution in [-0.2, 0) is 0 Å². The van der Waals surface area contributed by atoms with Gasteiger partial charge in [0.1, 0.15) is 0 Å². The fourth-order valence-corrected chi connectivity index (χ4v) is 9.19. The van der Waals surface area contributed by atoms with Gasteiger partial charge < -0.3 is 11.1 Å². The quantitative estimate of drug-likeness (QED) is 0.416. The van der Waals surface area contributed by atoms with E-state index in [-0.39, 0.29) is 5.54 Å². The predicted octanol–water partition coefficient (Wildman–Crippen LogP) is 3.95. The SMILES string of the molecule is C=C1C2(C#N)CC3CC(C2)CC1(N=C(N)NC12CC4CC(CC(C#N)(C4)C1=C)C2)C3. The predicted molar refractivity (Wildman–Crippen MR) is 115 cm³/mol. The molecule has 0 aromatic rings. The molecule has 0 spiro atoms. The van der Waals surface area contributed by atoms with Crippen LogP contribution in [0.15, 0.2) is 29.3 Å². The van der Waals surface area contributed by atoms with Crippen LogP contribution in [0.3, 0.4) is 0 Å². The van der Waals surface area contributed by atoms with E-state index in [0.29, 0.717) is 29.6 Å². The highest BCUT2D eigenvalue weighted by molar-refractivity contribution is 5.80. The molecule has 0 amide bonds. The fourth-order valence-electron chi connectivity index (χ4n) is 9.19. The van der Waals surface area contributed by atoms with Crippen molar-refractivity contribution in [1.82, 2.24) is 5.32 Å². The summed E-state index contributed by atoms with van der Waals surface area (Å²) in [5.41, 5.74) is 7.12. The summed E-state index contributed by atoms with van der Waals surface area (Å²) in [4.78, 5) is 5.11. The van der Waals surface area contributed by atoms with Crippen molar-refractivity contribution >= 4 is 5.96 Å². The molecule has 8 rings (SSSR count). The van der Waals surface area contributed by atoms with Crippen LogP contribution >= 0.6 is 0 Å². The Morgan fingerprint density at radius 2 is 1.30 bits per heavy atom. The molecule has 0 aromatic carbocycles. The van der Waals surface area contributed by atoms with Gasteiger partial charge in [-0.15, -0.1) is 0 Å². The Bertz CT molecular complexity index is 946. The van der Waals surface area contributed by atoms with Gasteiger partial charge in [0.25, 0.3) is 0 Å². The summed E-state index contributed by atoms with van der Waals surface area (Å²) in [6.07, 6.45) is 10.2. The number of nitrogens with one attached hydrogen (secondary N) is 1. The van der Waals surface area contributed by atoms with Gasteiger partial charge in [0.15, 0.2) is 5.96 Å². The Morgan fingerprint density at radius 3 is 1.80 bits per heavy atom. The van der Waals surface area contributed by atoms with E-state index in [1.54, 1.807) is 0 Å². The normalized spacial score (nSPS) is 52.9. The number of hydrogen-bond acceptors (Lipinski definition) is 3. The van der Waals surface area contributed by atoms with Gasteiger partial charge in [0, 0.05) is 0 Å². The first-order valence-corrected chi connectivity index (χ1v) is 11.6. The van der Waals surface area contributed by atoms with E-state index in [0.717, 1.165) is 62.5 Å². The number of nitriles is 2. The van der Waals surface area contributed by atoms with Gasteiger partial charge in [-0.1, -0.05) is 13.2 Å². The van der Waals surface area contributed by atoms with Crippen LogP contribution in [0.5, 0.6) is 0 Å². The minimum Gasteiger partial charge on any atom is -0.370 e. The number of nitrogens with two attached hydrogens (primary N) is 1. The van der Waals surface area contributed by atoms with Crippen LogP contribution in [0.2, 0.25) is 0 Å². The maximum Gasteiger partial charge on any atom is 0.190 e. The van der Waals surface area contributed by atoms with Crippen molar-refractivity contribution in [3.63, 3.8) is 0 Å². The van der Waals surface area contributed by atoms with Crippen molar-refractivity contribution < 1.29 is 0 Å². The molecule has 3 N–H and O–H groups in total. The molecule has 8 aliphatic carbocycles. The lowest BCUT2D eigenvalue weighted by Crippen LogP contribution is -2.66. The Morgan fingerprint density at radius 1 is 0.833 bits per heavy atom. The number of aliphatic imine (C=N–C) groups is 1. The zero-order chi connectivity index (χ0) is 20.9. The molecule has 0 saturated heterocycles. The minimum absolute atomic E-state index is 0.302. The molecule has 8 aliphatic rings. The first-order chi connectivity index (χ1) is 14.3. The van der Waals surface area contributed by atoms with Gasteiger partial charge in [0.2, 0.25) is 0 Å². The van der Waals surface area contributed by atoms with E-state index >= 15 is 0 Å². The fraction of sp³-hybridized carbons (Fsp3) is 0.720. The standard InChI is InChI=1S/C25H31N5/c1-15-22(13-26)5-17-3-18(6-22)10-24(15,9-17)29-21(28)30-25-11-19-4-20(12-25)8-23(7-19,14-27)16(25)2/h17-20H,1-12H2,(H3,28,29,30). The van der Waals surface area contributed by atoms with Crippen LogP contribution in [0.1, 0.15) is 64.2 Å². The van der Waals surface area contributed by atoms with Crippen molar-refractivity contribution in [2.24, 2.45) is 45.2 Å². The van der Waals surface area contributed by atoms with E-state index in [1.165, 1.54) is 12.8 Å². The molecular weight excluding hydrogens is 370 g/mol. The zero-order valence-corrected chi connectivity index (χ0v) is 17.7. The number of rotatable bonds is 2. The first-order valence-electron chi connectivity index (χ1n) is 11.6. The molecule has 4 unspecified atom stereocenters. The van der Waals surface area contributed by atoms with Crippen molar-refractivity contribution in [3.05, 3.63) is 24.3 Å². The third-order valence-corrected chi connectivity index (χ3v) is 9.83. The summed E-state index contributed by atoms with van der Waals surface area (Å²) in [6, 6.07) is 5.26. The van der Waals surface area contributed by atoms with Gasteiger partial charge in [-0.2, -0.15) is 10.5 Å². The molecule has 0 heterocycles. The topological polar surface area (TPSA) is 98.0 Å². The van der Waals surface area contributed by atoms with E-state index in [4.69, 9.17) is 10.7 Å². The highest BCUT2D eigenvalue weighted by Crippen LogP contribution is 2.66. The molecule has 5 nitrogen and oxygen atoms in total. The average Bonchev–Trinajstić information content (AvgIpc) is 2.68. The summed E-state index contributed by atoms with van der Waals surface area (Å²) in [6.45, 7) is 8.85. The van der Waals surface area contributed by atoms with Crippen molar-refractivity contribution in [2.45, 2.75) is 75.3 Å². The molecular formula is C25H31N5. The van der Waals surface area contributed by atoms with Gasteiger partial charge in [-0.05, 0) is 99.0 Å². The second-order valence-electron chi connectivity index (χ2n) is 11.6. The Hall–Kier alpha value is -2.27. The van der Waals surface area contributed by atoms with Crippen LogP contribution in [-0.4, -0.2) is 17.0 Å². The van der Waals surface area contributed by atoms with Crippen molar-refractivity contribution in [2.75, 3.05) is 0 Å². The Balaban J connectivity index is 1.34. The van der Waals surface area contributed by atoms with Crippen molar-refractivity contribution in [3.8, 4) is 12.1 Å². The molecule has 156 valence electrons. The lowest BCUT2D eigenvalue weighted by molar-refractivity contribution is 0.00852. The van der Waals surface area contributed by atoms with E-state index in [9.17, 15) is 10.5 Å². The van der Waals surface area contributed by atoms with Crippen LogP contribution in [0.4, 0.5) is 0 Å². The maximum atomic E-state index is 10.0. The third kappa shape index (κ3) is 2.14. The Kier molecular flexibility index (Phi) is 3.39. The molecule has 8 fully saturated rings. The van der Waals surface area contributed by atoms with Crippen molar-refractivity contribution in [1.29, 1.82) is 10.5 Å². The highest BCUT2D eigenvalue weighted by Gasteiger charge is 2.63. The lowest BCUT2D eigenvalue weighted by atomic mass is 9.45. The highest BCUT2D eigenvalue weighted by atomic mass is 15.2. The minimum atomic E-state index is -0.414. The lowest BCUT2D eigenvalue weighted by Gasteiger charge is -2.61. The number of nitrogens with zero attached hydrogens (tertiary/aromatic N) is 3. The van der Waals surface area contributed by atoms with Gasteiger partial charge in [0.05, 0.1) is 34.0 Å². The molecule has 0 aromatic heterocycles. The second kappa shape index (κ2) is 5.50. The van der Waals surface area contributed by atoms with E-state index in [1.807, 2.05) is 0 Å². The average molecular weight is 402 g/mol. The maximum absolute atomic E-state index is 10.0. The van der Waals surface area contributed by atoms with Gasteiger partial charge in [-0.25, -0.2) is 4.99 Å². The molecule has 4 atom stereocenters. The largest absolute Gasteiger partial charge is 0.370 e. The van der Waals surface area contributed by atoms with E-state index < -0.39 is 16.4 Å². The molecule has 8 bridgehead atoms. The summed E-state index contributed by atoms with van der Waals surface area (Å²) in [5.74, 6) is 2.70. The summed E-state index contributed by atoms with van der Waals surface area (Å²) in [7, 11) is 0. The Labute approximate surface area is 179 Å². The smallest absolute Gasteiger partial charge is 0.190 e. The number of guanidine groups is 1.